The Labute approximate surface area is 116 Å². The van der Waals surface area contributed by atoms with E-state index in [4.69, 9.17) is 4.42 Å². The van der Waals surface area contributed by atoms with Gasteiger partial charge in [0.2, 0.25) is 0 Å². The van der Waals surface area contributed by atoms with E-state index in [2.05, 4.69) is 49.9 Å². The molecule has 0 unspecified atom stereocenters. The van der Waals surface area contributed by atoms with Crippen LogP contribution in [0.15, 0.2) is 59.5 Å². The summed E-state index contributed by atoms with van der Waals surface area (Å²) in [6.45, 7) is 6.16. The first-order valence-electron chi connectivity index (χ1n) is 7.11. The van der Waals surface area contributed by atoms with Gasteiger partial charge < -0.3 is 4.42 Å². The topological polar surface area (TPSA) is 13.1 Å². The average Bonchev–Trinajstić information content (AvgIpc) is 2.90. The van der Waals surface area contributed by atoms with Gasteiger partial charge in [0.25, 0.3) is 0 Å². The minimum Gasteiger partial charge on any atom is -0.465 e. The summed E-state index contributed by atoms with van der Waals surface area (Å²) in [4.78, 5) is 0. The van der Waals surface area contributed by atoms with Gasteiger partial charge in [0.1, 0.15) is 11.5 Å². The average molecular weight is 254 g/mol. The highest BCUT2D eigenvalue weighted by molar-refractivity contribution is 5.32. The third-order valence-electron chi connectivity index (χ3n) is 3.41. The maximum Gasteiger partial charge on any atom is 0.115 e. The van der Waals surface area contributed by atoms with Gasteiger partial charge in [-0.15, -0.1) is 6.58 Å². The molecule has 0 saturated heterocycles. The number of allylic oxidation sites excluding steroid dienone is 1. The van der Waals surface area contributed by atoms with Crippen LogP contribution in [-0.2, 0) is 6.42 Å². The van der Waals surface area contributed by atoms with Gasteiger partial charge in [0.15, 0.2) is 0 Å². The highest BCUT2D eigenvalue weighted by atomic mass is 16.3. The SMILES string of the molecule is C=C[C@@H](c1ccccc1)c1ccc(CCCCC)o1. The predicted octanol–water partition coefficient (Wildman–Crippen LogP) is 5.33. The summed E-state index contributed by atoms with van der Waals surface area (Å²) >= 11 is 0. The van der Waals surface area contributed by atoms with Gasteiger partial charge in [-0.25, -0.2) is 0 Å². The van der Waals surface area contributed by atoms with E-state index in [1.807, 2.05) is 12.1 Å². The van der Waals surface area contributed by atoms with Crippen LogP contribution in [0.4, 0.5) is 0 Å². The standard InChI is InChI=1S/C18H22O/c1-3-5-7-12-16-13-14-18(19-16)17(4-2)15-10-8-6-9-11-15/h4,6,8-11,13-14,17H,2-3,5,7,12H2,1H3/t17-/m0/s1. The number of unbranched alkanes of at least 4 members (excludes halogenated alkanes) is 2. The molecule has 0 N–H and O–H groups in total. The van der Waals surface area contributed by atoms with Gasteiger partial charge in [-0.3, -0.25) is 0 Å². The molecule has 1 heteroatoms. The van der Waals surface area contributed by atoms with Gasteiger partial charge >= 0.3 is 0 Å². The minimum atomic E-state index is 0.154. The molecule has 0 bridgehead atoms. The molecule has 0 aliphatic heterocycles. The van der Waals surface area contributed by atoms with Gasteiger partial charge in [-0.05, 0) is 24.1 Å². The Kier molecular flexibility index (Phi) is 5.02. The van der Waals surface area contributed by atoms with Crippen LogP contribution in [0.1, 0.15) is 49.2 Å². The van der Waals surface area contributed by atoms with E-state index < -0.39 is 0 Å². The second-order valence-corrected chi connectivity index (χ2v) is 4.89. The van der Waals surface area contributed by atoms with Crippen molar-refractivity contribution >= 4 is 0 Å². The summed E-state index contributed by atoms with van der Waals surface area (Å²) in [5, 5.41) is 0. The van der Waals surface area contributed by atoms with Crippen LogP contribution in [0.25, 0.3) is 0 Å². The minimum absolute atomic E-state index is 0.154. The Morgan fingerprint density at radius 3 is 2.58 bits per heavy atom. The first kappa shape index (κ1) is 13.7. The van der Waals surface area contributed by atoms with Gasteiger partial charge in [0, 0.05) is 6.42 Å². The molecule has 1 nitrogen and oxygen atoms in total. The first-order chi connectivity index (χ1) is 9.35. The lowest BCUT2D eigenvalue weighted by Crippen LogP contribution is -1.95. The monoisotopic (exact) mass is 254 g/mol. The van der Waals surface area contributed by atoms with E-state index in [0.717, 1.165) is 17.9 Å². The van der Waals surface area contributed by atoms with Crippen LogP contribution >= 0.6 is 0 Å². The Balaban J connectivity index is 2.09. The zero-order valence-electron chi connectivity index (χ0n) is 11.6. The Morgan fingerprint density at radius 1 is 1.11 bits per heavy atom. The maximum atomic E-state index is 5.97. The fourth-order valence-electron chi connectivity index (χ4n) is 2.32. The molecule has 2 aromatic rings. The highest BCUT2D eigenvalue weighted by Crippen LogP contribution is 2.27. The molecule has 1 atom stereocenters. The third-order valence-corrected chi connectivity index (χ3v) is 3.41. The van der Waals surface area contributed by atoms with E-state index in [9.17, 15) is 0 Å². The van der Waals surface area contributed by atoms with E-state index in [1.54, 1.807) is 0 Å². The van der Waals surface area contributed by atoms with Crippen molar-refractivity contribution in [3.05, 3.63) is 72.2 Å². The lowest BCUT2D eigenvalue weighted by molar-refractivity contribution is 0.454. The summed E-state index contributed by atoms with van der Waals surface area (Å²) in [6, 6.07) is 14.6. The third kappa shape index (κ3) is 3.60. The van der Waals surface area contributed by atoms with E-state index in [0.29, 0.717) is 0 Å². The fraction of sp³-hybridized carbons (Fsp3) is 0.333. The van der Waals surface area contributed by atoms with Crippen molar-refractivity contribution in [1.82, 2.24) is 0 Å². The molecule has 1 aromatic heterocycles. The largest absolute Gasteiger partial charge is 0.465 e. The molecule has 1 heterocycles. The van der Waals surface area contributed by atoms with Gasteiger partial charge in [-0.1, -0.05) is 56.2 Å². The van der Waals surface area contributed by atoms with Crippen molar-refractivity contribution in [2.75, 3.05) is 0 Å². The van der Waals surface area contributed by atoms with Crippen molar-refractivity contribution in [3.8, 4) is 0 Å². The quantitative estimate of drug-likeness (QED) is 0.481. The van der Waals surface area contributed by atoms with Crippen molar-refractivity contribution in [2.45, 2.75) is 38.5 Å². The van der Waals surface area contributed by atoms with Crippen molar-refractivity contribution < 1.29 is 4.42 Å². The molecule has 1 aromatic carbocycles. The first-order valence-corrected chi connectivity index (χ1v) is 7.11. The summed E-state index contributed by atoms with van der Waals surface area (Å²) in [5.74, 6) is 2.24. The zero-order chi connectivity index (χ0) is 13.5. The molecule has 2 rings (SSSR count). The smallest absolute Gasteiger partial charge is 0.115 e. The van der Waals surface area contributed by atoms with Crippen LogP contribution in [-0.4, -0.2) is 0 Å². The maximum absolute atomic E-state index is 5.97. The molecule has 0 radical (unpaired) electrons. The van der Waals surface area contributed by atoms with Crippen molar-refractivity contribution in [3.63, 3.8) is 0 Å². The Hall–Kier alpha value is -1.76. The molecule has 0 aliphatic rings. The van der Waals surface area contributed by atoms with Gasteiger partial charge in [0.05, 0.1) is 5.92 Å². The number of aryl methyl sites for hydroxylation is 1. The molecule has 19 heavy (non-hydrogen) atoms. The number of hydrogen-bond acceptors (Lipinski definition) is 1. The van der Waals surface area contributed by atoms with Crippen molar-refractivity contribution in [2.24, 2.45) is 0 Å². The summed E-state index contributed by atoms with van der Waals surface area (Å²) in [7, 11) is 0. The number of hydrogen-bond donors (Lipinski definition) is 0. The number of furan rings is 1. The lowest BCUT2D eigenvalue weighted by Gasteiger charge is -2.09. The summed E-state index contributed by atoms with van der Waals surface area (Å²) in [5.41, 5.74) is 1.23. The molecule has 100 valence electrons. The van der Waals surface area contributed by atoms with Gasteiger partial charge in [-0.2, -0.15) is 0 Å². The summed E-state index contributed by atoms with van der Waals surface area (Å²) in [6.07, 6.45) is 6.69. The Bertz CT molecular complexity index is 495. The molecule has 0 aliphatic carbocycles. The number of rotatable bonds is 7. The molecule has 0 fully saturated rings. The zero-order valence-corrected chi connectivity index (χ0v) is 11.6. The van der Waals surface area contributed by atoms with E-state index >= 15 is 0 Å². The normalized spacial score (nSPS) is 12.3. The molecular formula is C18H22O. The predicted molar refractivity (Wildman–Crippen MR) is 80.4 cm³/mol. The molecule has 0 spiro atoms. The molecular weight excluding hydrogens is 232 g/mol. The van der Waals surface area contributed by atoms with Crippen LogP contribution in [0.5, 0.6) is 0 Å². The van der Waals surface area contributed by atoms with Crippen LogP contribution < -0.4 is 0 Å². The Morgan fingerprint density at radius 2 is 1.89 bits per heavy atom. The lowest BCUT2D eigenvalue weighted by atomic mass is 9.97. The van der Waals surface area contributed by atoms with Crippen molar-refractivity contribution in [1.29, 1.82) is 0 Å². The second kappa shape index (κ2) is 6.98. The fourth-order valence-corrected chi connectivity index (χ4v) is 2.32. The number of benzene rings is 1. The molecule has 0 saturated carbocycles. The van der Waals surface area contributed by atoms with E-state index in [-0.39, 0.29) is 5.92 Å². The summed E-state index contributed by atoms with van der Waals surface area (Å²) < 4.78 is 5.97. The van der Waals surface area contributed by atoms with Crippen LogP contribution in [0, 0.1) is 0 Å². The van der Waals surface area contributed by atoms with Crippen LogP contribution in [0.3, 0.4) is 0 Å². The second-order valence-electron chi connectivity index (χ2n) is 4.89. The molecule has 0 amide bonds. The van der Waals surface area contributed by atoms with Crippen LogP contribution in [0.2, 0.25) is 0 Å². The van der Waals surface area contributed by atoms with E-state index in [1.165, 1.54) is 24.8 Å². The highest BCUT2D eigenvalue weighted by Gasteiger charge is 2.14.